The number of anilines is 1. The number of hydrogen-bond donors (Lipinski definition) is 8. The highest BCUT2D eigenvalue weighted by molar-refractivity contribution is 6.12. The minimum atomic E-state index is -1.06. The van der Waals surface area contributed by atoms with Crippen molar-refractivity contribution in [3.63, 3.8) is 0 Å². The van der Waals surface area contributed by atoms with Crippen LogP contribution in [0.4, 0.5) is 15.3 Å². The van der Waals surface area contributed by atoms with Gasteiger partial charge in [0.1, 0.15) is 42.6 Å². The maximum atomic E-state index is 13.6. The van der Waals surface area contributed by atoms with Crippen LogP contribution < -0.4 is 42.8 Å². The van der Waals surface area contributed by atoms with Gasteiger partial charge in [-0.3, -0.25) is 38.8 Å². The summed E-state index contributed by atoms with van der Waals surface area (Å²) in [6.07, 6.45) is 3.72. The number of amides is 8. The molecule has 6 rings (SSSR count). The van der Waals surface area contributed by atoms with Gasteiger partial charge in [0.25, 0.3) is 11.8 Å². The Morgan fingerprint density at radius 2 is 1.44 bits per heavy atom. The largest absolute Gasteiger partial charge is 0.490 e. The molecule has 1 aliphatic heterocycles. The minimum Gasteiger partial charge on any atom is -0.490 e. The van der Waals surface area contributed by atoms with Crippen molar-refractivity contribution in [3.05, 3.63) is 96.1 Å². The van der Waals surface area contributed by atoms with Crippen LogP contribution in [-0.2, 0) is 60.8 Å². The number of carbonyl (C=O) groups is 7. The number of nitrogens with one attached hydrogen (secondary N) is 6. The smallest absolute Gasteiger partial charge is 0.407 e. The Bertz CT molecular complexity index is 2900. The summed E-state index contributed by atoms with van der Waals surface area (Å²) >= 11 is 0. The maximum absolute atomic E-state index is 13.6. The SMILES string of the molecule is Cc1cccc(-c2nc(CN)[nH]c2-c2ccc3ncc(OCCNC(=O)OCc4ccc(NC(=O)[C@H](CCCNC(N)=O)NC(=O)C(NC(=O)CCOCCOCCOCCOCCN5C(=O)C=CC5=O)C(C)C)cc4)cc3n2)n1. The van der Waals surface area contributed by atoms with E-state index in [1.807, 2.05) is 37.3 Å². The second-order valence-corrected chi connectivity index (χ2v) is 18.4. The Labute approximate surface area is 461 Å². The zero-order valence-corrected chi connectivity index (χ0v) is 45.0. The van der Waals surface area contributed by atoms with Gasteiger partial charge in [0.15, 0.2) is 0 Å². The van der Waals surface area contributed by atoms with E-state index in [9.17, 15) is 33.6 Å². The summed E-state index contributed by atoms with van der Waals surface area (Å²) in [5.41, 5.74) is 16.8. The number of fused-ring (bicyclic) bond motifs is 1. The van der Waals surface area contributed by atoms with Crippen LogP contribution in [0.15, 0.2) is 79.0 Å². The van der Waals surface area contributed by atoms with Gasteiger partial charge in [0, 0.05) is 42.6 Å². The molecule has 0 aliphatic carbocycles. The van der Waals surface area contributed by atoms with Gasteiger partial charge in [-0.25, -0.2) is 19.6 Å². The molecular formula is C54H69N13O13. The molecular weight excluding hydrogens is 1040 g/mol. The summed E-state index contributed by atoms with van der Waals surface area (Å²) in [5.74, 6) is -1.59. The Kier molecular flexibility index (Phi) is 24.2. The summed E-state index contributed by atoms with van der Waals surface area (Å²) in [6.45, 7) is 8.08. The van der Waals surface area contributed by atoms with Crippen molar-refractivity contribution in [2.24, 2.45) is 17.4 Å². The summed E-state index contributed by atoms with van der Waals surface area (Å²) in [7, 11) is 0. The number of nitrogens with two attached hydrogens (primary N) is 2. The van der Waals surface area contributed by atoms with Crippen molar-refractivity contribution in [2.75, 3.05) is 84.4 Å². The van der Waals surface area contributed by atoms with Crippen molar-refractivity contribution >= 4 is 58.4 Å². The number of pyridine rings is 3. The monoisotopic (exact) mass is 1110 g/mol. The molecule has 0 radical (unpaired) electrons. The van der Waals surface area contributed by atoms with Gasteiger partial charge < -0.3 is 71.5 Å². The van der Waals surface area contributed by atoms with E-state index < -0.39 is 41.9 Å². The molecule has 0 spiro atoms. The first kappa shape index (κ1) is 60.8. The molecule has 428 valence electrons. The van der Waals surface area contributed by atoms with Crippen molar-refractivity contribution in [1.82, 2.24) is 51.1 Å². The Morgan fingerprint density at radius 1 is 0.738 bits per heavy atom. The van der Waals surface area contributed by atoms with Crippen molar-refractivity contribution in [3.8, 4) is 28.5 Å². The number of imide groups is 1. The van der Waals surface area contributed by atoms with Crippen LogP contribution in [0.3, 0.4) is 0 Å². The van der Waals surface area contributed by atoms with E-state index in [0.717, 1.165) is 10.6 Å². The third kappa shape index (κ3) is 19.8. The second-order valence-electron chi connectivity index (χ2n) is 18.4. The molecule has 8 amide bonds. The number of ether oxygens (including phenoxy) is 6. The number of H-pyrrole nitrogens is 1. The molecule has 80 heavy (non-hydrogen) atoms. The molecule has 4 aromatic heterocycles. The molecule has 10 N–H and O–H groups in total. The van der Waals surface area contributed by atoms with Crippen LogP contribution in [0, 0.1) is 12.8 Å². The van der Waals surface area contributed by atoms with Crippen LogP contribution in [0.1, 0.15) is 50.2 Å². The molecule has 0 fully saturated rings. The van der Waals surface area contributed by atoms with Crippen LogP contribution in [0.2, 0.25) is 0 Å². The molecule has 1 aliphatic rings. The first-order valence-corrected chi connectivity index (χ1v) is 26.1. The number of nitrogens with zero attached hydrogens (tertiary/aromatic N) is 5. The topological polar surface area (TPSA) is 358 Å². The fourth-order valence-electron chi connectivity index (χ4n) is 7.77. The number of hydrogen-bond acceptors (Lipinski definition) is 18. The van der Waals surface area contributed by atoms with Gasteiger partial charge in [-0.1, -0.05) is 32.0 Å². The molecule has 5 heterocycles. The lowest BCUT2D eigenvalue weighted by atomic mass is 10.0. The minimum absolute atomic E-state index is 0.0357. The van der Waals surface area contributed by atoms with E-state index in [0.29, 0.717) is 82.9 Å². The maximum Gasteiger partial charge on any atom is 0.407 e. The van der Waals surface area contributed by atoms with Gasteiger partial charge in [-0.15, -0.1) is 0 Å². The number of benzene rings is 1. The zero-order valence-electron chi connectivity index (χ0n) is 45.0. The number of urea groups is 1. The molecule has 5 aromatic rings. The molecule has 26 heteroatoms. The number of aromatic amines is 1. The highest BCUT2D eigenvalue weighted by atomic mass is 16.6. The predicted octanol–water partition coefficient (Wildman–Crippen LogP) is 2.55. The standard InChI is InChI=1S/C54H69N13O13/c1-34(2)48(66-45(68)17-21-75-24-26-77-28-29-78-27-25-76-23-20-67-46(69)15-16-47(67)70)52(72)63-42(8-5-18-57-53(56)73)51(71)61-37-11-9-36(10-12-37)33-80-54(74)58-19-22-79-38-30-43-39(59-32-38)13-14-41(62-43)50-49(64-44(31-55)65-50)40-7-4-6-35(3)60-40/h4,6-7,9-16,30,32,34,42,48H,5,8,17-29,31,33,55H2,1-3H3,(H,58,74)(H,61,71)(H,63,72)(H,64,65)(H,66,68)(H3,56,57,73)/t42-,48?/m0/s1. The lowest BCUT2D eigenvalue weighted by Gasteiger charge is -2.25. The Morgan fingerprint density at radius 3 is 2.11 bits per heavy atom. The summed E-state index contributed by atoms with van der Waals surface area (Å²) in [6, 6.07) is 14.9. The van der Waals surface area contributed by atoms with Gasteiger partial charge in [-0.2, -0.15) is 0 Å². The van der Waals surface area contributed by atoms with Crippen LogP contribution in [0.25, 0.3) is 33.8 Å². The lowest BCUT2D eigenvalue weighted by Crippen LogP contribution is -2.54. The van der Waals surface area contributed by atoms with Gasteiger partial charge in [0.2, 0.25) is 17.7 Å². The van der Waals surface area contributed by atoms with Gasteiger partial charge >= 0.3 is 12.1 Å². The van der Waals surface area contributed by atoms with E-state index in [4.69, 9.17) is 44.9 Å². The lowest BCUT2D eigenvalue weighted by molar-refractivity contribution is -0.137. The first-order valence-electron chi connectivity index (χ1n) is 26.1. The highest BCUT2D eigenvalue weighted by Crippen LogP contribution is 2.30. The normalized spacial score (nSPS) is 12.8. The molecule has 0 bridgehead atoms. The second kappa shape index (κ2) is 31.8. The Hall–Kier alpha value is -8.43. The average molecular weight is 1110 g/mol. The molecule has 0 saturated carbocycles. The number of imidazole rings is 1. The van der Waals surface area contributed by atoms with Gasteiger partial charge in [0.05, 0.1) is 107 Å². The fourth-order valence-corrected chi connectivity index (χ4v) is 7.77. The summed E-state index contributed by atoms with van der Waals surface area (Å²) in [5, 5.41) is 13.4. The predicted molar refractivity (Wildman–Crippen MR) is 291 cm³/mol. The number of primary amides is 1. The van der Waals surface area contributed by atoms with Crippen molar-refractivity contribution in [1.29, 1.82) is 0 Å². The molecule has 0 saturated heterocycles. The highest BCUT2D eigenvalue weighted by Gasteiger charge is 2.29. The number of aromatic nitrogens is 5. The molecule has 1 aromatic carbocycles. The van der Waals surface area contributed by atoms with Gasteiger partial charge in [-0.05, 0) is 67.6 Å². The summed E-state index contributed by atoms with van der Waals surface area (Å²) < 4.78 is 33.1. The quantitative estimate of drug-likeness (QED) is 0.0217. The third-order valence-corrected chi connectivity index (χ3v) is 11.9. The van der Waals surface area contributed by atoms with Crippen molar-refractivity contribution < 1.29 is 62.0 Å². The fraction of sp³-hybridized carbons (Fsp3) is 0.426. The first-order chi connectivity index (χ1) is 38.7. The molecule has 2 atom stereocenters. The van der Waals surface area contributed by atoms with Crippen LogP contribution in [0.5, 0.6) is 5.75 Å². The number of carbonyl (C=O) groups excluding carboxylic acids is 7. The van der Waals surface area contributed by atoms with E-state index in [2.05, 4.69) is 46.5 Å². The summed E-state index contributed by atoms with van der Waals surface area (Å²) in [4.78, 5) is 110. The van der Waals surface area contributed by atoms with E-state index in [-0.39, 0.29) is 103 Å². The van der Waals surface area contributed by atoms with E-state index >= 15 is 0 Å². The molecule has 26 nitrogen and oxygen atoms in total. The van der Waals surface area contributed by atoms with E-state index in [1.165, 1.54) is 12.2 Å². The van der Waals surface area contributed by atoms with E-state index in [1.54, 1.807) is 50.4 Å². The number of rotatable bonds is 34. The zero-order chi connectivity index (χ0) is 57.2. The third-order valence-electron chi connectivity index (χ3n) is 11.9. The average Bonchev–Trinajstić information content (AvgIpc) is 4.11. The molecule has 1 unspecified atom stereocenters. The van der Waals surface area contributed by atoms with Crippen molar-refractivity contribution in [2.45, 2.75) is 65.3 Å². The number of aryl methyl sites for hydroxylation is 1. The number of alkyl carbamates (subject to hydrolysis) is 1. The van der Waals surface area contributed by atoms with Crippen LogP contribution >= 0.6 is 0 Å². The Balaban J connectivity index is 0.874. The van der Waals surface area contributed by atoms with Crippen LogP contribution in [-0.4, -0.2) is 163 Å².